The number of methoxy groups -OCH3 is 1. The molecule has 1 saturated carbocycles. The molecule has 4 rings (SSSR count). The van der Waals surface area contributed by atoms with Crippen molar-refractivity contribution in [1.29, 1.82) is 0 Å². The molecule has 0 spiro atoms. The van der Waals surface area contributed by atoms with Crippen molar-refractivity contribution in [3.63, 3.8) is 0 Å². The molecule has 1 aromatic carbocycles. The summed E-state index contributed by atoms with van der Waals surface area (Å²) in [5.41, 5.74) is 4.85. The minimum absolute atomic E-state index is 0.0570. The predicted molar refractivity (Wildman–Crippen MR) is 120 cm³/mol. The molecule has 1 saturated heterocycles. The van der Waals surface area contributed by atoms with E-state index in [4.69, 9.17) is 16.3 Å². The van der Waals surface area contributed by atoms with Gasteiger partial charge in [0, 0.05) is 37.9 Å². The van der Waals surface area contributed by atoms with Crippen molar-refractivity contribution in [3.8, 4) is 11.4 Å². The number of hydrazine groups is 1. The zero-order chi connectivity index (χ0) is 23.8. The number of ether oxygens (including phenoxy) is 1. The van der Waals surface area contributed by atoms with Crippen LogP contribution in [0.5, 0.6) is 0 Å². The van der Waals surface area contributed by atoms with Crippen molar-refractivity contribution < 1.29 is 19.1 Å². The highest BCUT2D eigenvalue weighted by Crippen LogP contribution is 2.50. The number of piperidine rings is 1. The van der Waals surface area contributed by atoms with Gasteiger partial charge < -0.3 is 15.0 Å². The highest BCUT2D eigenvalue weighted by molar-refractivity contribution is 6.33. The molecule has 12 heteroatoms. The Balaban J connectivity index is 1.51. The average Bonchev–Trinajstić information content (AvgIpc) is 3.18. The van der Waals surface area contributed by atoms with Crippen LogP contribution in [0.15, 0.2) is 24.5 Å². The Morgan fingerprint density at radius 1 is 1.27 bits per heavy atom. The lowest BCUT2D eigenvalue weighted by Crippen LogP contribution is -2.78. The van der Waals surface area contributed by atoms with Gasteiger partial charge in [-0.15, -0.1) is 0 Å². The third-order valence-corrected chi connectivity index (χ3v) is 6.38. The van der Waals surface area contributed by atoms with E-state index in [9.17, 15) is 14.4 Å². The molecule has 2 aromatic rings. The summed E-state index contributed by atoms with van der Waals surface area (Å²) in [6.45, 7) is 1.87. The van der Waals surface area contributed by atoms with Gasteiger partial charge in [-0.05, 0) is 37.0 Å². The van der Waals surface area contributed by atoms with E-state index in [2.05, 4.69) is 33.2 Å². The standard InChI is InChI=1S/C21H26ClN7O4/c1-12-6-14-9-21(8-12,19(31)26-25-17(30)10-33-3)29(14)20(32)24-13-4-5-16(22)15(7-13)18-23-11-28(2)27-18/h4-5,7,11-12,14H,6,8-10H2,1-3H3,(H,24,32)(H,25,30)(H,26,31). The first-order chi connectivity index (χ1) is 15.7. The summed E-state index contributed by atoms with van der Waals surface area (Å²) in [6.07, 6.45) is 3.42. The second kappa shape index (κ2) is 8.99. The van der Waals surface area contributed by atoms with Crippen LogP contribution in [0.25, 0.3) is 11.4 Å². The van der Waals surface area contributed by atoms with Crippen molar-refractivity contribution in [2.75, 3.05) is 19.0 Å². The zero-order valence-electron chi connectivity index (χ0n) is 18.6. The van der Waals surface area contributed by atoms with Gasteiger partial charge in [-0.25, -0.2) is 9.78 Å². The summed E-state index contributed by atoms with van der Waals surface area (Å²) in [7, 11) is 3.14. The fourth-order valence-electron chi connectivity index (χ4n) is 4.80. The number of carbonyl (C=O) groups is 3. The van der Waals surface area contributed by atoms with Gasteiger partial charge in [0.2, 0.25) is 0 Å². The van der Waals surface area contributed by atoms with Crippen LogP contribution in [0.3, 0.4) is 0 Å². The topological polar surface area (TPSA) is 130 Å². The van der Waals surface area contributed by atoms with E-state index in [-0.39, 0.29) is 18.6 Å². The number of aryl methyl sites for hydroxylation is 1. The highest BCUT2D eigenvalue weighted by Gasteiger charge is 2.62. The molecule has 3 unspecified atom stereocenters. The van der Waals surface area contributed by atoms with Crippen LogP contribution < -0.4 is 16.2 Å². The first-order valence-electron chi connectivity index (χ1n) is 10.6. The summed E-state index contributed by atoms with van der Waals surface area (Å²) >= 11 is 6.31. The largest absolute Gasteiger partial charge is 0.375 e. The van der Waals surface area contributed by atoms with Crippen LogP contribution in [0, 0.1) is 5.92 Å². The lowest BCUT2D eigenvalue weighted by atomic mass is 9.64. The molecule has 3 atom stereocenters. The van der Waals surface area contributed by atoms with Gasteiger partial charge in [0.05, 0.1) is 5.02 Å². The Morgan fingerprint density at radius 3 is 2.76 bits per heavy atom. The quantitative estimate of drug-likeness (QED) is 0.564. The Labute approximate surface area is 195 Å². The number of amides is 4. The van der Waals surface area contributed by atoms with E-state index < -0.39 is 23.4 Å². The lowest BCUT2D eigenvalue weighted by molar-refractivity contribution is -0.157. The monoisotopic (exact) mass is 475 g/mol. The number of anilines is 1. The molecule has 176 valence electrons. The first kappa shape index (κ1) is 23.0. The van der Waals surface area contributed by atoms with Gasteiger partial charge >= 0.3 is 6.03 Å². The number of rotatable bonds is 5. The van der Waals surface area contributed by atoms with E-state index >= 15 is 0 Å². The maximum Gasteiger partial charge on any atom is 0.323 e. The van der Waals surface area contributed by atoms with Crippen LogP contribution in [-0.4, -0.2) is 62.8 Å². The second-order valence-electron chi connectivity index (χ2n) is 8.61. The Hall–Kier alpha value is -3.18. The van der Waals surface area contributed by atoms with E-state index in [1.54, 1.807) is 41.2 Å². The minimum atomic E-state index is -1.02. The molecule has 0 radical (unpaired) electrons. The molecule has 4 amide bonds. The van der Waals surface area contributed by atoms with E-state index in [1.165, 1.54) is 7.11 Å². The van der Waals surface area contributed by atoms with Crippen molar-refractivity contribution in [2.45, 2.75) is 37.8 Å². The number of carbonyl (C=O) groups excluding carboxylic acids is 3. The number of hydrogen-bond donors (Lipinski definition) is 3. The second-order valence-corrected chi connectivity index (χ2v) is 9.01. The van der Waals surface area contributed by atoms with Crippen molar-refractivity contribution in [3.05, 3.63) is 29.5 Å². The lowest BCUT2D eigenvalue weighted by Gasteiger charge is -2.61. The number of hydrogen-bond acceptors (Lipinski definition) is 6. The number of aromatic nitrogens is 3. The molecule has 2 bridgehead atoms. The van der Waals surface area contributed by atoms with Gasteiger partial charge in [-0.2, -0.15) is 5.10 Å². The molecule has 3 N–H and O–H groups in total. The number of likely N-dealkylation sites (tertiary alicyclic amines) is 1. The van der Waals surface area contributed by atoms with Crippen LogP contribution in [0.1, 0.15) is 26.2 Å². The Morgan fingerprint density at radius 2 is 2.06 bits per heavy atom. The molecule has 2 aliphatic rings. The number of nitrogens with zero attached hydrogens (tertiary/aromatic N) is 4. The summed E-state index contributed by atoms with van der Waals surface area (Å²) in [5, 5.41) is 7.59. The molecule has 1 aromatic heterocycles. The smallest absolute Gasteiger partial charge is 0.323 e. The fourth-order valence-corrected chi connectivity index (χ4v) is 5.00. The molecule has 1 aliphatic carbocycles. The third-order valence-electron chi connectivity index (χ3n) is 6.05. The average molecular weight is 476 g/mol. The van der Waals surface area contributed by atoms with Crippen LogP contribution in [0.2, 0.25) is 5.02 Å². The Bertz CT molecular complexity index is 1090. The number of urea groups is 1. The van der Waals surface area contributed by atoms with Crippen LogP contribution in [-0.2, 0) is 21.4 Å². The summed E-state index contributed by atoms with van der Waals surface area (Å²) in [4.78, 5) is 43.8. The predicted octanol–water partition coefficient (Wildman–Crippen LogP) is 1.70. The van der Waals surface area contributed by atoms with Gasteiger partial charge in [-0.1, -0.05) is 18.5 Å². The fraction of sp³-hybridized carbons (Fsp3) is 0.476. The molecule has 11 nitrogen and oxygen atoms in total. The molecule has 1 aliphatic heterocycles. The maximum absolute atomic E-state index is 13.3. The number of benzene rings is 1. The minimum Gasteiger partial charge on any atom is -0.375 e. The SMILES string of the molecule is COCC(=O)NNC(=O)C12CC(C)CC(C1)N2C(=O)Nc1ccc(Cl)c(-c2ncn(C)n2)c1. The summed E-state index contributed by atoms with van der Waals surface area (Å²) in [5.74, 6) is -0.185. The number of fused-ring (bicyclic) bond motifs is 2. The van der Waals surface area contributed by atoms with Gasteiger partial charge in [0.25, 0.3) is 11.8 Å². The number of halogens is 1. The Kier molecular flexibility index (Phi) is 6.26. The molecule has 33 heavy (non-hydrogen) atoms. The van der Waals surface area contributed by atoms with Crippen molar-refractivity contribution in [1.82, 2.24) is 30.5 Å². The zero-order valence-corrected chi connectivity index (χ0v) is 19.3. The maximum atomic E-state index is 13.3. The van der Waals surface area contributed by atoms with Crippen molar-refractivity contribution >= 4 is 35.1 Å². The van der Waals surface area contributed by atoms with Crippen molar-refractivity contribution in [2.24, 2.45) is 13.0 Å². The molecular weight excluding hydrogens is 450 g/mol. The van der Waals surface area contributed by atoms with Gasteiger partial charge in [-0.3, -0.25) is 25.1 Å². The van der Waals surface area contributed by atoms with E-state index in [0.29, 0.717) is 34.9 Å². The van der Waals surface area contributed by atoms with E-state index in [0.717, 1.165) is 6.42 Å². The summed E-state index contributed by atoms with van der Waals surface area (Å²) < 4.78 is 6.32. The van der Waals surface area contributed by atoms with Gasteiger partial charge in [0.1, 0.15) is 18.5 Å². The summed E-state index contributed by atoms with van der Waals surface area (Å²) in [6, 6.07) is 4.60. The van der Waals surface area contributed by atoms with Crippen LogP contribution in [0.4, 0.5) is 10.5 Å². The van der Waals surface area contributed by atoms with Crippen LogP contribution >= 0.6 is 11.6 Å². The highest BCUT2D eigenvalue weighted by atomic mass is 35.5. The molecular formula is C21H26ClN7O4. The molecule has 2 heterocycles. The molecule has 2 fully saturated rings. The third kappa shape index (κ3) is 4.38. The number of nitrogens with one attached hydrogen (secondary N) is 3. The normalized spacial score (nSPS) is 23.5. The first-order valence-corrected chi connectivity index (χ1v) is 11.0. The van der Waals surface area contributed by atoms with Gasteiger partial charge in [0.15, 0.2) is 5.82 Å². The van der Waals surface area contributed by atoms with E-state index in [1.807, 2.05) is 0 Å².